The van der Waals surface area contributed by atoms with Crippen molar-refractivity contribution >= 4 is 68.9 Å². The summed E-state index contributed by atoms with van der Waals surface area (Å²) >= 11 is 12.1. The lowest BCUT2D eigenvalue weighted by Gasteiger charge is -2.15. The van der Waals surface area contributed by atoms with Gasteiger partial charge in [0.1, 0.15) is 0 Å². The number of hydrogen-bond acceptors (Lipinski definition) is 5. The van der Waals surface area contributed by atoms with Crippen molar-refractivity contribution < 1.29 is 14.4 Å². The molecule has 4 rings (SSSR count). The zero-order valence-electron chi connectivity index (χ0n) is 15.1. The molecule has 0 spiro atoms. The third-order valence-electron chi connectivity index (χ3n) is 4.56. The molecule has 2 heterocycles. The molecule has 1 saturated heterocycles. The number of benzene rings is 2. The number of rotatable bonds is 3. The first kappa shape index (κ1) is 19.6. The number of carbonyl (C=O) groups is 3. The summed E-state index contributed by atoms with van der Waals surface area (Å²) in [6.07, 6.45) is 0. The molecule has 0 aromatic heterocycles. The van der Waals surface area contributed by atoms with E-state index >= 15 is 0 Å². The molecule has 29 heavy (non-hydrogen) atoms. The molecule has 2 aromatic carbocycles. The van der Waals surface area contributed by atoms with Gasteiger partial charge >= 0.3 is 0 Å². The fourth-order valence-electron chi connectivity index (χ4n) is 3.20. The minimum absolute atomic E-state index is 0.153. The third kappa shape index (κ3) is 3.33. The molecule has 2 aliphatic rings. The molecular weight excluding hydrogens is 430 g/mol. The Morgan fingerprint density at radius 2 is 1.79 bits per heavy atom. The van der Waals surface area contributed by atoms with Crippen LogP contribution in [0, 0.1) is 0 Å². The molecule has 0 atom stereocenters. The second-order valence-corrected chi connectivity index (χ2v) is 8.31. The molecular formula is C20H14ClN3O3S2. The van der Waals surface area contributed by atoms with Crippen LogP contribution in [0.3, 0.4) is 0 Å². The van der Waals surface area contributed by atoms with Crippen LogP contribution in [-0.4, -0.2) is 33.6 Å². The lowest BCUT2D eigenvalue weighted by atomic mass is 10.1. The lowest BCUT2D eigenvalue weighted by molar-refractivity contribution is -0.124. The maximum Gasteiger partial charge on any atom is 0.286 e. The molecule has 1 N–H and O–H groups in total. The first-order valence-corrected chi connectivity index (χ1v) is 10.3. The van der Waals surface area contributed by atoms with Gasteiger partial charge < -0.3 is 4.90 Å². The van der Waals surface area contributed by atoms with Crippen LogP contribution in [0.4, 0.5) is 5.69 Å². The molecule has 0 bridgehead atoms. The lowest BCUT2D eigenvalue weighted by Crippen LogP contribution is -2.45. The van der Waals surface area contributed by atoms with Gasteiger partial charge in [0.2, 0.25) is 0 Å². The van der Waals surface area contributed by atoms with Crippen LogP contribution in [0.5, 0.6) is 0 Å². The number of hydrazine groups is 1. The number of halogens is 1. The van der Waals surface area contributed by atoms with Gasteiger partial charge in [-0.05, 0) is 49.5 Å². The van der Waals surface area contributed by atoms with E-state index in [2.05, 4.69) is 5.43 Å². The maximum atomic E-state index is 13.0. The van der Waals surface area contributed by atoms with Gasteiger partial charge in [-0.3, -0.25) is 19.8 Å². The summed E-state index contributed by atoms with van der Waals surface area (Å²) in [6.45, 7) is 2.35. The number of carbonyl (C=O) groups excluding carboxylic acids is 3. The molecule has 1 fully saturated rings. The molecule has 0 aliphatic carbocycles. The van der Waals surface area contributed by atoms with E-state index in [1.54, 1.807) is 35.2 Å². The maximum absolute atomic E-state index is 13.0. The zero-order valence-corrected chi connectivity index (χ0v) is 17.5. The summed E-state index contributed by atoms with van der Waals surface area (Å²) in [5, 5.41) is 1.50. The van der Waals surface area contributed by atoms with E-state index in [-0.39, 0.29) is 15.1 Å². The largest absolute Gasteiger partial charge is 0.308 e. The molecule has 2 aromatic rings. The number of nitrogens with one attached hydrogen (secondary N) is 1. The molecule has 2 aliphatic heterocycles. The van der Waals surface area contributed by atoms with Crippen molar-refractivity contribution in [3.63, 3.8) is 0 Å². The van der Waals surface area contributed by atoms with Gasteiger partial charge in [-0.15, -0.1) is 0 Å². The molecule has 0 saturated carbocycles. The van der Waals surface area contributed by atoms with Crippen LogP contribution < -0.4 is 10.3 Å². The highest BCUT2D eigenvalue weighted by atomic mass is 35.5. The number of thiocarbonyl (C=S) groups is 1. The molecule has 3 amide bonds. The third-order valence-corrected chi connectivity index (χ3v) is 6.18. The molecule has 9 heteroatoms. The van der Waals surface area contributed by atoms with Crippen molar-refractivity contribution in [1.29, 1.82) is 0 Å². The highest BCUT2D eigenvalue weighted by Gasteiger charge is 2.42. The number of para-hydroxylation sites is 1. The van der Waals surface area contributed by atoms with Gasteiger partial charge in [0.15, 0.2) is 4.32 Å². The highest BCUT2D eigenvalue weighted by molar-refractivity contribution is 8.26. The van der Waals surface area contributed by atoms with Gasteiger partial charge in [0.25, 0.3) is 17.7 Å². The van der Waals surface area contributed by atoms with Gasteiger partial charge in [-0.25, -0.2) is 0 Å². The number of fused-ring (bicyclic) bond motifs is 1. The Morgan fingerprint density at radius 3 is 2.48 bits per heavy atom. The molecule has 0 radical (unpaired) electrons. The first-order valence-electron chi connectivity index (χ1n) is 8.70. The SMILES string of the molecule is CCN1C(=O)/C(=C2\SC(=S)N(NC(=O)c3ccc(Cl)cc3)C2=O)c2ccccc21. The summed E-state index contributed by atoms with van der Waals surface area (Å²) in [6, 6.07) is 13.5. The van der Waals surface area contributed by atoms with E-state index in [1.807, 2.05) is 25.1 Å². The second kappa shape index (κ2) is 7.62. The Hall–Kier alpha value is -2.68. The molecule has 6 nitrogen and oxygen atoms in total. The fourth-order valence-corrected chi connectivity index (χ4v) is 4.57. The van der Waals surface area contributed by atoms with Gasteiger partial charge in [-0.1, -0.05) is 41.6 Å². The fraction of sp³-hybridized carbons (Fsp3) is 0.100. The molecule has 146 valence electrons. The van der Waals surface area contributed by atoms with E-state index in [0.29, 0.717) is 28.3 Å². The number of likely N-dealkylation sites (N-methyl/N-ethyl adjacent to an activating group) is 1. The Labute approximate surface area is 181 Å². The van der Waals surface area contributed by atoms with Crippen molar-refractivity contribution in [2.24, 2.45) is 0 Å². The molecule has 0 unspecified atom stereocenters. The Morgan fingerprint density at radius 1 is 1.10 bits per heavy atom. The van der Waals surface area contributed by atoms with E-state index in [9.17, 15) is 14.4 Å². The van der Waals surface area contributed by atoms with Crippen LogP contribution in [0.25, 0.3) is 5.57 Å². The Balaban J connectivity index is 1.67. The van der Waals surface area contributed by atoms with Gasteiger partial charge in [0.05, 0.1) is 16.2 Å². The summed E-state index contributed by atoms with van der Waals surface area (Å²) in [7, 11) is 0. The quantitative estimate of drug-likeness (QED) is 0.579. The summed E-state index contributed by atoms with van der Waals surface area (Å²) < 4.78 is 0.153. The minimum Gasteiger partial charge on any atom is -0.308 e. The van der Waals surface area contributed by atoms with E-state index in [4.69, 9.17) is 23.8 Å². The highest BCUT2D eigenvalue weighted by Crippen LogP contribution is 2.44. The van der Waals surface area contributed by atoms with Crippen LogP contribution in [0.1, 0.15) is 22.8 Å². The number of thioether (sulfide) groups is 1. The monoisotopic (exact) mass is 443 g/mol. The van der Waals surface area contributed by atoms with Crippen LogP contribution in [0.15, 0.2) is 53.4 Å². The standard InChI is InChI=1S/C20H14ClN3O3S2/c1-2-23-14-6-4-3-5-13(14)15(18(23)26)16-19(27)24(20(28)29-16)22-17(25)11-7-9-12(21)10-8-11/h3-10H,2H2,1H3,(H,22,25)/b16-15-. The average Bonchev–Trinajstić information content (AvgIpc) is 3.15. The first-order chi connectivity index (χ1) is 13.9. The van der Waals surface area contributed by atoms with Crippen LogP contribution in [-0.2, 0) is 9.59 Å². The van der Waals surface area contributed by atoms with Crippen LogP contribution >= 0.6 is 35.6 Å². The van der Waals surface area contributed by atoms with E-state index in [0.717, 1.165) is 22.5 Å². The number of hydrogen-bond donors (Lipinski definition) is 1. The minimum atomic E-state index is -0.529. The summed E-state index contributed by atoms with van der Waals surface area (Å²) in [5.41, 5.74) is 4.59. The van der Waals surface area contributed by atoms with Crippen molar-refractivity contribution in [3.8, 4) is 0 Å². The van der Waals surface area contributed by atoms with Crippen molar-refractivity contribution in [2.75, 3.05) is 11.4 Å². The zero-order chi connectivity index (χ0) is 20.7. The van der Waals surface area contributed by atoms with Crippen molar-refractivity contribution in [2.45, 2.75) is 6.92 Å². The second-order valence-electron chi connectivity index (χ2n) is 6.23. The van der Waals surface area contributed by atoms with Crippen LogP contribution in [0.2, 0.25) is 5.02 Å². The van der Waals surface area contributed by atoms with Gasteiger partial charge in [0, 0.05) is 22.7 Å². The smallest absolute Gasteiger partial charge is 0.286 e. The number of amides is 3. The Bertz CT molecular complexity index is 1100. The van der Waals surface area contributed by atoms with Gasteiger partial charge in [-0.2, -0.15) is 5.01 Å². The number of anilines is 1. The van der Waals surface area contributed by atoms with Crippen molar-refractivity contribution in [3.05, 3.63) is 69.6 Å². The summed E-state index contributed by atoms with van der Waals surface area (Å²) in [5.74, 6) is -1.28. The predicted octanol–water partition coefficient (Wildman–Crippen LogP) is 3.62. The van der Waals surface area contributed by atoms with E-state index in [1.165, 1.54) is 0 Å². The Kier molecular flexibility index (Phi) is 5.16. The van der Waals surface area contributed by atoms with Crippen molar-refractivity contribution in [1.82, 2.24) is 10.4 Å². The average molecular weight is 444 g/mol. The number of nitrogens with zero attached hydrogens (tertiary/aromatic N) is 2. The summed E-state index contributed by atoms with van der Waals surface area (Å²) in [4.78, 5) is 40.3. The topological polar surface area (TPSA) is 69.7 Å². The van der Waals surface area contributed by atoms with E-state index < -0.39 is 11.8 Å². The predicted molar refractivity (Wildman–Crippen MR) is 117 cm³/mol. The normalized spacial score (nSPS) is 18.5.